The average Bonchev–Trinajstić information content (AvgIpc) is 2.55. The minimum Gasteiger partial charge on any atom is -0.350 e. The predicted molar refractivity (Wildman–Crippen MR) is 74.2 cm³/mol. The van der Waals surface area contributed by atoms with Gasteiger partial charge in [0.1, 0.15) is 5.69 Å². The Kier molecular flexibility index (Phi) is 4.80. The summed E-state index contributed by atoms with van der Waals surface area (Å²) in [5, 5.41) is 2.97. The number of carbonyl (C=O) groups is 1. The fourth-order valence-electron chi connectivity index (χ4n) is 1.53. The van der Waals surface area contributed by atoms with E-state index in [0.29, 0.717) is 6.54 Å². The van der Waals surface area contributed by atoms with Crippen LogP contribution >= 0.6 is 15.9 Å². The second kappa shape index (κ2) is 5.71. The lowest BCUT2D eigenvalue weighted by atomic mass is 9.97. The number of aryl methyl sites for hydroxylation is 1. The third-order valence-corrected chi connectivity index (χ3v) is 2.77. The summed E-state index contributed by atoms with van der Waals surface area (Å²) in [6.07, 6.45) is 2.97. The van der Waals surface area contributed by atoms with Gasteiger partial charge < -0.3 is 9.88 Å². The Bertz CT molecular complexity index is 391. The van der Waals surface area contributed by atoms with Crippen molar-refractivity contribution in [1.29, 1.82) is 0 Å². The van der Waals surface area contributed by atoms with Gasteiger partial charge in [-0.15, -0.1) is 0 Å². The Balaban J connectivity index is 2.74. The van der Waals surface area contributed by atoms with Crippen molar-refractivity contribution in [2.75, 3.05) is 6.54 Å². The van der Waals surface area contributed by atoms with Crippen LogP contribution in [0, 0.1) is 5.41 Å². The maximum Gasteiger partial charge on any atom is 0.267 e. The van der Waals surface area contributed by atoms with E-state index >= 15 is 0 Å². The normalized spacial score (nSPS) is 11.6. The fraction of sp³-hybridized carbons (Fsp3) is 0.615. The number of aromatic nitrogens is 1. The smallest absolute Gasteiger partial charge is 0.267 e. The van der Waals surface area contributed by atoms with E-state index in [-0.39, 0.29) is 11.3 Å². The van der Waals surface area contributed by atoms with Gasteiger partial charge in [-0.2, -0.15) is 0 Å². The van der Waals surface area contributed by atoms with Crippen LogP contribution in [0.2, 0.25) is 0 Å². The zero-order valence-electron chi connectivity index (χ0n) is 11.0. The van der Waals surface area contributed by atoms with Crippen LogP contribution in [0.15, 0.2) is 16.7 Å². The van der Waals surface area contributed by atoms with Crippen molar-refractivity contribution >= 4 is 21.8 Å². The first-order valence-electron chi connectivity index (χ1n) is 5.97. The summed E-state index contributed by atoms with van der Waals surface area (Å²) < 4.78 is 2.94. The van der Waals surface area contributed by atoms with E-state index in [1.54, 1.807) is 0 Å². The molecule has 1 aromatic rings. The van der Waals surface area contributed by atoms with Crippen molar-refractivity contribution < 1.29 is 4.79 Å². The molecule has 0 aliphatic heterocycles. The molecule has 0 radical (unpaired) electrons. The summed E-state index contributed by atoms with van der Waals surface area (Å²) in [7, 11) is 0. The molecule has 0 spiro atoms. The van der Waals surface area contributed by atoms with Gasteiger partial charge in [0.15, 0.2) is 0 Å². The number of hydrogen-bond acceptors (Lipinski definition) is 1. The quantitative estimate of drug-likeness (QED) is 0.908. The number of rotatable bonds is 4. The molecule has 0 aliphatic rings. The molecular formula is C13H21BrN2O. The van der Waals surface area contributed by atoms with Gasteiger partial charge in [0.2, 0.25) is 0 Å². The van der Waals surface area contributed by atoms with Crippen molar-refractivity contribution in [1.82, 2.24) is 9.88 Å². The highest BCUT2D eigenvalue weighted by atomic mass is 79.9. The molecule has 96 valence electrons. The van der Waals surface area contributed by atoms with Crippen molar-refractivity contribution in [2.24, 2.45) is 5.41 Å². The summed E-state index contributed by atoms with van der Waals surface area (Å²) in [5.74, 6) is -0.000856. The van der Waals surface area contributed by atoms with Crippen molar-refractivity contribution in [3.63, 3.8) is 0 Å². The summed E-state index contributed by atoms with van der Waals surface area (Å²) in [6, 6.07) is 1.87. The molecule has 0 aromatic carbocycles. The van der Waals surface area contributed by atoms with Crippen LogP contribution in [-0.2, 0) is 6.54 Å². The lowest BCUT2D eigenvalue weighted by Gasteiger charge is -2.19. The molecule has 0 saturated heterocycles. The zero-order chi connectivity index (χ0) is 13.1. The van der Waals surface area contributed by atoms with E-state index in [9.17, 15) is 4.79 Å². The van der Waals surface area contributed by atoms with Gasteiger partial charge in [-0.1, -0.05) is 27.7 Å². The molecule has 0 unspecified atom stereocenters. The molecule has 3 nitrogen and oxygen atoms in total. The molecule has 1 rings (SSSR count). The first-order chi connectivity index (χ1) is 7.83. The van der Waals surface area contributed by atoms with Crippen molar-refractivity contribution in [2.45, 2.75) is 40.7 Å². The van der Waals surface area contributed by atoms with Crippen LogP contribution in [0.5, 0.6) is 0 Å². The SMILES string of the molecule is CCCn1cc(Br)cc1C(=O)NCC(C)(C)C. The lowest BCUT2D eigenvalue weighted by molar-refractivity contribution is 0.0930. The van der Waals surface area contributed by atoms with Crippen LogP contribution in [0.4, 0.5) is 0 Å². The number of hydrogen-bond donors (Lipinski definition) is 1. The molecular weight excluding hydrogens is 280 g/mol. The van der Waals surface area contributed by atoms with E-state index in [0.717, 1.165) is 23.1 Å². The number of halogens is 1. The maximum absolute atomic E-state index is 12.0. The summed E-state index contributed by atoms with van der Waals surface area (Å²) in [6.45, 7) is 9.96. The second-order valence-electron chi connectivity index (χ2n) is 5.48. The van der Waals surface area contributed by atoms with Crippen molar-refractivity contribution in [3.05, 3.63) is 22.4 Å². The van der Waals surface area contributed by atoms with Crippen LogP contribution in [-0.4, -0.2) is 17.0 Å². The predicted octanol–water partition coefficient (Wildman–Crippen LogP) is 3.44. The van der Waals surface area contributed by atoms with E-state index in [2.05, 4.69) is 48.9 Å². The third-order valence-electron chi connectivity index (χ3n) is 2.34. The van der Waals surface area contributed by atoms with Gasteiger partial charge >= 0.3 is 0 Å². The maximum atomic E-state index is 12.0. The number of amides is 1. The Morgan fingerprint density at radius 3 is 2.65 bits per heavy atom. The first-order valence-corrected chi connectivity index (χ1v) is 6.76. The van der Waals surface area contributed by atoms with Gasteiger partial charge in [-0.25, -0.2) is 0 Å². The number of carbonyl (C=O) groups excluding carboxylic acids is 1. The molecule has 1 amide bonds. The molecule has 0 saturated carbocycles. The van der Waals surface area contributed by atoms with E-state index < -0.39 is 0 Å². The summed E-state index contributed by atoms with van der Waals surface area (Å²) >= 11 is 3.41. The summed E-state index contributed by atoms with van der Waals surface area (Å²) in [4.78, 5) is 12.0. The molecule has 4 heteroatoms. The summed E-state index contributed by atoms with van der Waals surface area (Å²) in [5.41, 5.74) is 0.831. The van der Waals surface area contributed by atoms with Gasteiger partial charge in [0.05, 0.1) is 0 Å². The van der Waals surface area contributed by atoms with Gasteiger partial charge in [-0.05, 0) is 33.8 Å². The molecule has 0 aliphatic carbocycles. The van der Waals surface area contributed by atoms with E-state index in [1.807, 2.05) is 16.8 Å². The molecule has 1 heterocycles. The molecule has 0 atom stereocenters. The minimum atomic E-state index is -0.000856. The van der Waals surface area contributed by atoms with Crippen LogP contribution in [0.3, 0.4) is 0 Å². The molecule has 0 bridgehead atoms. The molecule has 0 fully saturated rings. The van der Waals surface area contributed by atoms with Crippen LogP contribution < -0.4 is 5.32 Å². The largest absolute Gasteiger partial charge is 0.350 e. The fourth-order valence-corrected chi connectivity index (χ4v) is 1.99. The van der Waals surface area contributed by atoms with Crippen LogP contribution in [0.1, 0.15) is 44.6 Å². The van der Waals surface area contributed by atoms with Gasteiger partial charge in [0.25, 0.3) is 5.91 Å². The molecule has 1 N–H and O–H groups in total. The Morgan fingerprint density at radius 2 is 2.12 bits per heavy atom. The average molecular weight is 301 g/mol. The highest BCUT2D eigenvalue weighted by Gasteiger charge is 2.16. The zero-order valence-corrected chi connectivity index (χ0v) is 12.6. The van der Waals surface area contributed by atoms with E-state index in [1.165, 1.54) is 0 Å². The Morgan fingerprint density at radius 1 is 1.47 bits per heavy atom. The van der Waals surface area contributed by atoms with Gasteiger partial charge in [-0.3, -0.25) is 4.79 Å². The highest BCUT2D eigenvalue weighted by molar-refractivity contribution is 9.10. The number of nitrogens with one attached hydrogen (secondary N) is 1. The Labute approximate surface area is 112 Å². The molecule has 17 heavy (non-hydrogen) atoms. The van der Waals surface area contributed by atoms with Crippen LogP contribution in [0.25, 0.3) is 0 Å². The minimum absolute atomic E-state index is 0.000856. The third kappa shape index (κ3) is 4.54. The van der Waals surface area contributed by atoms with Gasteiger partial charge in [0, 0.05) is 23.8 Å². The van der Waals surface area contributed by atoms with Crippen molar-refractivity contribution in [3.8, 4) is 0 Å². The Hall–Kier alpha value is -0.770. The standard InChI is InChI=1S/C13H21BrN2O/c1-5-6-16-8-10(14)7-11(16)12(17)15-9-13(2,3)4/h7-8H,5-6,9H2,1-4H3,(H,15,17). The van der Waals surface area contributed by atoms with E-state index in [4.69, 9.17) is 0 Å². The highest BCUT2D eigenvalue weighted by Crippen LogP contribution is 2.16. The monoisotopic (exact) mass is 300 g/mol. The molecule has 1 aromatic heterocycles. The lowest BCUT2D eigenvalue weighted by Crippen LogP contribution is -2.33. The topological polar surface area (TPSA) is 34.0 Å². The first kappa shape index (κ1) is 14.3. The number of nitrogens with zero attached hydrogens (tertiary/aromatic N) is 1. The second-order valence-corrected chi connectivity index (χ2v) is 6.40.